The fourth-order valence-corrected chi connectivity index (χ4v) is 3.37. The molecule has 1 saturated heterocycles. The van der Waals surface area contributed by atoms with Gasteiger partial charge in [0.25, 0.3) is 0 Å². The van der Waals surface area contributed by atoms with Gasteiger partial charge in [-0.05, 0) is 49.9 Å². The van der Waals surface area contributed by atoms with Crippen LogP contribution in [0.15, 0.2) is 28.8 Å². The number of likely N-dealkylation sites (tertiary alicyclic amines) is 1. The Balaban J connectivity index is 1.72. The summed E-state index contributed by atoms with van der Waals surface area (Å²) in [5.41, 5.74) is 2.25. The number of aryl methyl sites for hydroxylation is 1. The normalized spacial score (nSPS) is 17.8. The summed E-state index contributed by atoms with van der Waals surface area (Å²) >= 11 is 0. The highest BCUT2D eigenvalue weighted by molar-refractivity contribution is 5.43. The number of rotatable bonds is 8. The summed E-state index contributed by atoms with van der Waals surface area (Å²) in [6.07, 6.45) is 4.19. The summed E-state index contributed by atoms with van der Waals surface area (Å²) in [5, 5.41) is 4.15. The SMILES string of the molecule is CCCOc1ccc(CN2CCCC2c2cc(CC)no2)cc1OC. The van der Waals surface area contributed by atoms with Gasteiger partial charge < -0.3 is 14.0 Å². The maximum absolute atomic E-state index is 5.75. The van der Waals surface area contributed by atoms with Gasteiger partial charge in [-0.3, -0.25) is 4.90 Å². The summed E-state index contributed by atoms with van der Waals surface area (Å²) in [4.78, 5) is 2.46. The molecule has 0 amide bonds. The zero-order valence-electron chi connectivity index (χ0n) is 15.5. The van der Waals surface area contributed by atoms with Crippen molar-refractivity contribution in [3.63, 3.8) is 0 Å². The van der Waals surface area contributed by atoms with Gasteiger partial charge in [0.05, 0.1) is 25.5 Å². The second-order valence-corrected chi connectivity index (χ2v) is 6.54. The highest BCUT2D eigenvalue weighted by Gasteiger charge is 2.29. The standard InChI is InChI=1S/C20H28N2O3/c1-4-11-24-18-9-8-15(12-20(18)23-3)14-22-10-6-7-17(22)19-13-16(5-2)21-25-19/h8-9,12-13,17H,4-7,10-11,14H2,1-3H3. The van der Waals surface area contributed by atoms with Gasteiger partial charge in [0.1, 0.15) is 0 Å². The van der Waals surface area contributed by atoms with Gasteiger partial charge in [0, 0.05) is 12.6 Å². The number of hydrogen-bond donors (Lipinski definition) is 0. The van der Waals surface area contributed by atoms with E-state index in [4.69, 9.17) is 14.0 Å². The van der Waals surface area contributed by atoms with Crippen molar-refractivity contribution in [2.24, 2.45) is 0 Å². The Bertz CT molecular complexity index is 683. The first kappa shape index (κ1) is 17.8. The molecule has 1 atom stereocenters. The Hall–Kier alpha value is -2.01. The first-order valence-electron chi connectivity index (χ1n) is 9.24. The van der Waals surface area contributed by atoms with Crippen molar-refractivity contribution < 1.29 is 14.0 Å². The van der Waals surface area contributed by atoms with E-state index in [-0.39, 0.29) is 0 Å². The molecule has 1 aliphatic rings. The van der Waals surface area contributed by atoms with E-state index in [9.17, 15) is 0 Å². The first-order valence-corrected chi connectivity index (χ1v) is 9.24. The second-order valence-electron chi connectivity index (χ2n) is 6.54. The molecule has 0 N–H and O–H groups in total. The van der Waals surface area contributed by atoms with Crippen LogP contribution in [0.4, 0.5) is 0 Å². The number of methoxy groups -OCH3 is 1. The van der Waals surface area contributed by atoms with E-state index < -0.39 is 0 Å². The van der Waals surface area contributed by atoms with E-state index in [0.717, 1.165) is 55.3 Å². The number of aromatic nitrogens is 1. The average molecular weight is 344 g/mol. The van der Waals surface area contributed by atoms with E-state index in [2.05, 4.69) is 42.1 Å². The molecule has 0 radical (unpaired) electrons. The monoisotopic (exact) mass is 344 g/mol. The van der Waals surface area contributed by atoms with Crippen molar-refractivity contribution in [3.05, 3.63) is 41.3 Å². The summed E-state index contributed by atoms with van der Waals surface area (Å²) in [6, 6.07) is 8.64. The van der Waals surface area contributed by atoms with Crippen LogP contribution in [0.5, 0.6) is 11.5 Å². The summed E-state index contributed by atoms with van der Waals surface area (Å²) in [5.74, 6) is 2.60. The van der Waals surface area contributed by atoms with Crippen molar-refractivity contribution >= 4 is 0 Å². The summed E-state index contributed by atoms with van der Waals surface area (Å²) in [6.45, 7) is 6.85. The van der Waals surface area contributed by atoms with E-state index in [1.807, 2.05) is 6.07 Å². The number of ether oxygens (including phenoxy) is 2. The Morgan fingerprint density at radius 3 is 2.84 bits per heavy atom. The lowest BCUT2D eigenvalue weighted by Gasteiger charge is -2.23. The Morgan fingerprint density at radius 1 is 1.24 bits per heavy atom. The molecule has 1 unspecified atom stereocenters. The van der Waals surface area contributed by atoms with Gasteiger partial charge in [-0.2, -0.15) is 0 Å². The van der Waals surface area contributed by atoms with E-state index >= 15 is 0 Å². The van der Waals surface area contributed by atoms with E-state index in [1.165, 1.54) is 12.0 Å². The van der Waals surface area contributed by atoms with Crippen LogP contribution < -0.4 is 9.47 Å². The molecule has 2 heterocycles. The molecule has 0 saturated carbocycles. The van der Waals surface area contributed by atoms with Gasteiger partial charge >= 0.3 is 0 Å². The van der Waals surface area contributed by atoms with Crippen LogP contribution in [-0.2, 0) is 13.0 Å². The Labute approximate surface area is 149 Å². The van der Waals surface area contributed by atoms with Crippen LogP contribution in [0.25, 0.3) is 0 Å². The Morgan fingerprint density at radius 2 is 2.12 bits per heavy atom. The van der Waals surface area contributed by atoms with Crippen molar-refractivity contribution in [2.45, 2.75) is 52.1 Å². The van der Waals surface area contributed by atoms with E-state index in [1.54, 1.807) is 7.11 Å². The fraction of sp³-hybridized carbons (Fsp3) is 0.550. The maximum Gasteiger partial charge on any atom is 0.161 e. The lowest BCUT2D eigenvalue weighted by molar-refractivity contribution is 0.206. The van der Waals surface area contributed by atoms with Crippen molar-refractivity contribution in [1.29, 1.82) is 0 Å². The Kier molecular flexibility index (Phi) is 5.97. The molecule has 1 aromatic carbocycles. The lowest BCUT2D eigenvalue weighted by atomic mass is 10.1. The van der Waals surface area contributed by atoms with Gasteiger partial charge in [-0.15, -0.1) is 0 Å². The molecule has 3 rings (SSSR count). The first-order chi connectivity index (χ1) is 12.2. The minimum atomic E-state index is 0.315. The third-order valence-electron chi connectivity index (χ3n) is 4.71. The van der Waals surface area contributed by atoms with Crippen LogP contribution >= 0.6 is 0 Å². The quantitative estimate of drug-likeness (QED) is 0.711. The third kappa shape index (κ3) is 4.15. The van der Waals surface area contributed by atoms with Gasteiger partial charge in [0.2, 0.25) is 0 Å². The highest BCUT2D eigenvalue weighted by Crippen LogP contribution is 2.35. The van der Waals surface area contributed by atoms with Gasteiger partial charge in [-0.1, -0.05) is 25.1 Å². The molecule has 0 bridgehead atoms. The zero-order valence-corrected chi connectivity index (χ0v) is 15.5. The molecule has 25 heavy (non-hydrogen) atoms. The minimum Gasteiger partial charge on any atom is -0.493 e. The van der Waals surface area contributed by atoms with Crippen molar-refractivity contribution in [1.82, 2.24) is 10.1 Å². The number of benzene rings is 1. The molecule has 5 nitrogen and oxygen atoms in total. The smallest absolute Gasteiger partial charge is 0.161 e. The fourth-order valence-electron chi connectivity index (χ4n) is 3.37. The third-order valence-corrected chi connectivity index (χ3v) is 4.71. The molecule has 1 aliphatic heterocycles. The van der Waals surface area contributed by atoms with Crippen molar-refractivity contribution in [3.8, 4) is 11.5 Å². The molecule has 1 aromatic heterocycles. The predicted molar refractivity (Wildman–Crippen MR) is 97.0 cm³/mol. The van der Waals surface area contributed by atoms with Crippen LogP contribution in [0.1, 0.15) is 56.2 Å². The zero-order chi connectivity index (χ0) is 17.6. The minimum absolute atomic E-state index is 0.315. The van der Waals surface area contributed by atoms with Crippen LogP contribution in [0.2, 0.25) is 0 Å². The molecular formula is C20H28N2O3. The number of hydrogen-bond acceptors (Lipinski definition) is 5. The summed E-state index contributed by atoms with van der Waals surface area (Å²) < 4.78 is 16.8. The maximum atomic E-state index is 5.75. The van der Waals surface area contributed by atoms with Crippen molar-refractivity contribution in [2.75, 3.05) is 20.3 Å². The van der Waals surface area contributed by atoms with Crippen LogP contribution in [0.3, 0.4) is 0 Å². The molecule has 136 valence electrons. The average Bonchev–Trinajstić information content (AvgIpc) is 3.29. The van der Waals surface area contributed by atoms with Crippen LogP contribution in [-0.4, -0.2) is 30.3 Å². The topological polar surface area (TPSA) is 47.7 Å². The van der Waals surface area contributed by atoms with Crippen LogP contribution in [0, 0.1) is 0 Å². The molecule has 0 spiro atoms. The highest BCUT2D eigenvalue weighted by atomic mass is 16.5. The molecule has 2 aromatic rings. The number of nitrogens with zero attached hydrogens (tertiary/aromatic N) is 2. The van der Waals surface area contributed by atoms with Gasteiger partial charge in [-0.25, -0.2) is 0 Å². The van der Waals surface area contributed by atoms with Gasteiger partial charge in [0.15, 0.2) is 17.3 Å². The summed E-state index contributed by atoms with van der Waals surface area (Å²) in [7, 11) is 1.69. The molecule has 0 aliphatic carbocycles. The lowest BCUT2D eigenvalue weighted by Crippen LogP contribution is -2.22. The van der Waals surface area contributed by atoms with E-state index in [0.29, 0.717) is 12.6 Å². The largest absolute Gasteiger partial charge is 0.493 e. The second kappa shape index (κ2) is 8.39. The molecule has 1 fully saturated rings. The molecular weight excluding hydrogens is 316 g/mol. The predicted octanol–water partition coefficient (Wildman–Crippen LogP) is 4.37. The molecule has 5 heteroatoms.